The minimum Gasteiger partial charge on any atom is -0.375 e. The van der Waals surface area contributed by atoms with Gasteiger partial charge in [-0.05, 0) is 46.6 Å². The Labute approximate surface area is 88.6 Å². The molecule has 1 saturated heterocycles. The Morgan fingerprint density at radius 1 is 1.36 bits per heavy atom. The van der Waals surface area contributed by atoms with Gasteiger partial charge in [-0.2, -0.15) is 0 Å². The first-order valence-electron chi connectivity index (χ1n) is 5.91. The number of ether oxygens (including phenoxy) is 1. The van der Waals surface area contributed by atoms with Crippen LogP contribution in [-0.4, -0.2) is 36.2 Å². The van der Waals surface area contributed by atoms with Gasteiger partial charge in [0.2, 0.25) is 0 Å². The van der Waals surface area contributed by atoms with Gasteiger partial charge in [-0.1, -0.05) is 6.92 Å². The van der Waals surface area contributed by atoms with Crippen LogP contribution in [-0.2, 0) is 4.74 Å². The van der Waals surface area contributed by atoms with Crippen LogP contribution < -0.4 is 0 Å². The van der Waals surface area contributed by atoms with Gasteiger partial charge in [0, 0.05) is 12.6 Å². The highest BCUT2D eigenvalue weighted by Crippen LogP contribution is 2.19. The fraction of sp³-hybridized carbons (Fsp3) is 1.00. The van der Waals surface area contributed by atoms with Crippen LogP contribution in [0.2, 0.25) is 0 Å². The molecule has 1 rings (SSSR count). The molecule has 0 amide bonds. The molecule has 0 N–H and O–H groups in total. The third kappa shape index (κ3) is 3.97. The van der Waals surface area contributed by atoms with Crippen LogP contribution in [0.3, 0.4) is 0 Å². The monoisotopic (exact) mass is 199 g/mol. The van der Waals surface area contributed by atoms with Crippen LogP contribution >= 0.6 is 0 Å². The number of likely N-dealkylation sites (tertiary alicyclic amines) is 1. The highest BCUT2D eigenvalue weighted by molar-refractivity contribution is 4.77. The maximum absolute atomic E-state index is 5.74. The SMILES string of the molecule is CCC1CCCN1CCOC(C)(C)C. The van der Waals surface area contributed by atoms with E-state index in [1.807, 2.05) is 0 Å². The molecule has 0 radical (unpaired) electrons. The van der Waals surface area contributed by atoms with E-state index in [9.17, 15) is 0 Å². The molecule has 14 heavy (non-hydrogen) atoms. The lowest BCUT2D eigenvalue weighted by molar-refractivity contribution is -0.0144. The van der Waals surface area contributed by atoms with Crippen molar-refractivity contribution < 1.29 is 4.74 Å². The van der Waals surface area contributed by atoms with Crippen molar-refractivity contribution >= 4 is 0 Å². The van der Waals surface area contributed by atoms with Crippen LogP contribution in [0, 0.1) is 0 Å². The molecule has 1 atom stereocenters. The van der Waals surface area contributed by atoms with Crippen molar-refractivity contribution in [1.29, 1.82) is 0 Å². The van der Waals surface area contributed by atoms with Gasteiger partial charge in [-0.15, -0.1) is 0 Å². The number of nitrogens with zero attached hydrogens (tertiary/aromatic N) is 1. The van der Waals surface area contributed by atoms with Crippen molar-refractivity contribution in [3.63, 3.8) is 0 Å². The zero-order valence-corrected chi connectivity index (χ0v) is 10.2. The van der Waals surface area contributed by atoms with Gasteiger partial charge in [0.15, 0.2) is 0 Å². The molecular formula is C12H25NO. The number of hydrogen-bond donors (Lipinski definition) is 0. The number of rotatable bonds is 4. The third-order valence-corrected chi connectivity index (χ3v) is 2.88. The topological polar surface area (TPSA) is 12.5 Å². The Kier molecular flexibility index (Phi) is 4.39. The fourth-order valence-electron chi connectivity index (χ4n) is 2.12. The van der Waals surface area contributed by atoms with Crippen LogP contribution in [0.15, 0.2) is 0 Å². The van der Waals surface area contributed by atoms with Crippen molar-refractivity contribution in [2.24, 2.45) is 0 Å². The second-order valence-electron chi connectivity index (χ2n) is 5.20. The predicted octanol–water partition coefficient (Wildman–Crippen LogP) is 2.68. The Balaban J connectivity index is 2.18. The lowest BCUT2D eigenvalue weighted by Crippen LogP contribution is -2.34. The van der Waals surface area contributed by atoms with E-state index in [0.29, 0.717) is 0 Å². The molecule has 0 aromatic carbocycles. The second-order valence-corrected chi connectivity index (χ2v) is 5.20. The molecule has 2 nitrogen and oxygen atoms in total. The van der Waals surface area contributed by atoms with Gasteiger partial charge in [0.25, 0.3) is 0 Å². The van der Waals surface area contributed by atoms with Gasteiger partial charge < -0.3 is 4.74 Å². The number of hydrogen-bond acceptors (Lipinski definition) is 2. The molecule has 1 unspecified atom stereocenters. The van der Waals surface area contributed by atoms with Gasteiger partial charge >= 0.3 is 0 Å². The standard InChI is InChI=1S/C12H25NO/c1-5-11-7-6-8-13(11)9-10-14-12(2,3)4/h11H,5-10H2,1-4H3. The van der Waals surface area contributed by atoms with E-state index in [4.69, 9.17) is 4.74 Å². The lowest BCUT2D eigenvalue weighted by atomic mass is 10.2. The van der Waals surface area contributed by atoms with Gasteiger partial charge in [-0.25, -0.2) is 0 Å². The largest absolute Gasteiger partial charge is 0.375 e. The summed E-state index contributed by atoms with van der Waals surface area (Å²) in [7, 11) is 0. The van der Waals surface area contributed by atoms with E-state index in [1.165, 1.54) is 25.8 Å². The molecule has 0 spiro atoms. The fourth-order valence-corrected chi connectivity index (χ4v) is 2.12. The van der Waals surface area contributed by atoms with Crippen molar-refractivity contribution in [3.05, 3.63) is 0 Å². The predicted molar refractivity (Wildman–Crippen MR) is 60.6 cm³/mol. The van der Waals surface area contributed by atoms with E-state index in [0.717, 1.165) is 19.2 Å². The first-order chi connectivity index (χ1) is 6.53. The van der Waals surface area contributed by atoms with E-state index in [-0.39, 0.29) is 5.60 Å². The van der Waals surface area contributed by atoms with Gasteiger partial charge in [0.05, 0.1) is 12.2 Å². The molecule has 2 heteroatoms. The summed E-state index contributed by atoms with van der Waals surface area (Å²) in [6.07, 6.45) is 4.04. The van der Waals surface area contributed by atoms with Crippen molar-refractivity contribution in [2.45, 2.75) is 58.6 Å². The Morgan fingerprint density at radius 2 is 2.07 bits per heavy atom. The zero-order valence-electron chi connectivity index (χ0n) is 10.2. The summed E-state index contributed by atoms with van der Waals surface area (Å²) < 4.78 is 5.74. The van der Waals surface area contributed by atoms with Crippen molar-refractivity contribution in [2.75, 3.05) is 19.7 Å². The summed E-state index contributed by atoms with van der Waals surface area (Å²) in [5, 5.41) is 0. The average Bonchev–Trinajstić information content (AvgIpc) is 2.49. The maximum atomic E-state index is 5.74. The molecule has 1 heterocycles. The first-order valence-corrected chi connectivity index (χ1v) is 5.91. The highest BCUT2D eigenvalue weighted by atomic mass is 16.5. The molecule has 1 fully saturated rings. The Hall–Kier alpha value is -0.0800. The molecule has 1 aliphatic rings. The summed E-state index contributed by atoms with van der Waals surface area (Å²) in [6, 6.07) is 0.818. The molecule has 0 bridgehead atoms. The van der Waals surface area contributed by atoms with Gasteiger partial charge in [-0.3, -0.25) is 4.90 Å². The molecule has 0 aliphatic carbocycles. The minimum atomic E-state index is 0.0153. The smallest absolute Gasteiger partial charge is 0.0600 e. The zero-order chi connectivity index (χ0) is 10.6. The molecular weight excluding hydrogens is 174 g/mol. The molecule has 1 aliphatic heterocycles. The molecule has 0 aromatic rings. The minimum absolute atomic E-state index is 0.0153. The molecule has 84 valence electrons. The third-order valence-electron chi connectivity index (χ3n) is 2.88. The highest BCUT2D eigenvalue weighted by Gasteiger charge is 2.22. The normalized spacial score (nSPS) is 24.4. The Morgan fingerprint density at radius 3 is 2.64 bits per heavy atom. The summed E-state index contributed by atoms with van der Waals surface area (Å²) in [6.45, 7) is 11.9. The van der Waals surface area contributed by atoms with Crippen LogP contribution in [0.25, 0.3) is 0 Å². The quantitative estimate of drug-likeness (QED) is 0.690. The second kappa shape index (κ2) is 5.13. The average molecular weight is 199 g/mol. The first kappa shape index (κ1) is 12.0. The molecule has 0 saturated carbocycles. The summed E-state index contributed by atoms with van der Waals surface area (Å²) in [4.78, 5) is 2.58. The summed E-state index contributed by atoms with van der Waals surface area (Å²) in [5.74, 6) is 0. The summed E-state index contributed by atoms with van der Waals surface area (Å²) >= 11 is 0. The molecule has 0 aromatic heterocycles. The van der Waals surface area contributed by atoms with Crippen LogP contribution in [0.4, 0.5) is 0 Å². The van der Waals surface area contributed by atoms with E-state index >= 15 is 0 Å². The van der Waals surface area contributed by atoms with E-state index in [1.54, 1.807) is 0 Å². The lowest BCUT2D eigenvalue weighted by Gasteiger charge is -2.26. The van der Waals surface area contributed by atoms with Crippen molar-refractivity contribution in [1.82, 2.24) is 4.90 Å². The van der Waals surface area contributed by atoms with Crippen LogP contribution in [0.1, 0.15) is 47.0 Å². The van der Waals surface area contributed by atoms with E-state index < -0.39 is 0 Å². The van der Waals surface area contributed by atoms with Gasteiger partial charge in [0.1, 0.15) is 0 Å². The van der Waals surface area contributed by atoms with Crippen LogP contribution in [0.5, 0.6) is 0 Å². The van der Waals surface area contributed by atoms with Crippen molar-refractivity contribution in [3.8, 4) is 0 Å². The Bertz CT molecular complexity index is 162. The maximum Gasteiger partial charge on any atom is 0.0600 e. The van der Waals surface area contributed by atoms with E-state index in [2.05, 4.69) is 32.6 Å². The summed E-state index contributed by atoms with van der Waals surface area (Å²) in [5.41, 5.74) is 0.0153.